The average Bonchev–Trinajstić information content (AvgIpc) is 2.54. The molecule has 1 N–H and O–H groups in total. The van der Waals surface area contributed by atoms with Crippen molar-refractivity contribution in [1.82, 2.24) is 0 Å². The highest BCUT2D eigenvalue weighted by Crippen LogP contribution is 2.25. The molecule has 1 amide bonds. The van der Waals surface area contributed by atoms with E-state index in [0.29, 0.717) is 15.9 Å². The number of hydrogen-bond acceptors (Lipinski definition) is 4. The first-order chi connectivity index (χ1) is 11.8. The molecule has 0 aliphatic rings. The minimum Gasteiger partial charge on any atom is -0.495 e. The van der Waals surface area contributed by atoms with E-state index >= 15 is 0 Å². The lowest BCUT2D eigenvalue weighted by Crippen LogP contribution is -2.30. The van der Waals surface area contributed by atoms with E-state index < -0.39 is 23.8 Å². The van der Waals surface area contributed by atoms with E-state index in [1.165, 1.54) is 26.2 Å². The number of aryl methyl sites for hydroxylation is 1. The summed E-state index contributed by atoms with van der Waals surface area (Å²) in [6, 6.07) is 9.25. The first-order valence-corrected chi connectivity index (χ1v) is 8.22. The fourth-order valence-corrected chi connectivity index (χ4v) is 2.42. The van der Waals surface area contributed by atoms with Crippen molar-refractivity contribution in [2.75, 3.05) is 12.4 Å². The van der Waals surface area contributed by atoms with E-state index in [1.807, 2.05) is 13.0 Å². The van der Waals surface area contributed by atoms with Crippen LogP contribution in [0.25, 0.3) is 0 Å². The van der Waals surface area contributed by atoms with E-state index in [1.54, 1.807) is 12.1 Å². The number of hydrogen-bond donors (Lipinski definition) is 1. The number of carbonyl (C=O) groups excluding carboxylic acids is 2. The molecule has 0 spiro atoms. The normalized spacial score (nSPS) is 11.6. The Morgan fingerprint density at radius 3 is 2.56 bits per heavy atom. The zero-order valence-corrected chi connectivity index (χ0v) is 15.5. The first-order valence-electron chi connectivity index (χ1n) is 7.43. The maximum absolute atomic E-state index is 13.8. The van der Waals surface area contributed by atoms with Gasteiger partial charge in [0.05, 0.1) is 18.4 Å². The van der Waals surface area contributed by atoms with E-state index in [4.69, 9.17) is 9.47 Å². The van der Waals surface area contributed by atoms with Crippen LogP contribution in [0.5, 0.6) is 5.75 Å². The molecule has 0 aliphatic carbocycles. The summed E-state index contributed by atoms with van der Waals surface area (Å²) < 4.78 is 24.5. The SMILES string of the molecule is COc1ccc(C)cc1NC(=O)[C@@H](C)OC(=O)c1ccc(Br)cc1F. The van der Waals surface area contributed by atoms with Crippen LogP contribution in [0.4, 0.5) is 10.1 Å². The second kappa shape index (κ2) is 8.11. The third kappa shape index (κ3) is 4.79. The van der Waals surface area contributed by atoms with Crippen molar-refractivity contribution in [3.63, 3.8) is 0 Å². The first kappa shape index (κ1) is 18.9. The van der Waals surface area contributed by atoms with Crippen molar-refractivity contribution in [1.29, 1.82) is 0 Å². The molecule has 0 saturated heterocycles. The number of ether oxygens (including phenoxy) is 2. The summed E-state index contributed by atoms with van der Waals surface area (Å²) in [5.41, 5.74) is 1.15. The number of amides is 1. The quantitative estimate of drug-likeness (QED) is 0.755. The third-order valence-electron chi connectivity index (χ3n) is 3.42. The zero-order chi connectivity index (χ0) is 18.6. The van der Waals surface area contributed by atoms with Gasteiger partial charge in [0, 0.05) is 4.47 Å². The molecule has 0 heterocycles. The average molecular weight is 410 g/mol. The van der Waals surface area contributed by atoms with Crippen LogP contribution in [0.3, 0.4) is 0 Å². The predicted octanol–water partition coefficient (Wildman–Crippen LogP) is 4.09. The van der Waals surface area contributed by atoms with Crippen molar-refractivity contribution < 1.29 is 23.5 Å². The van der Waals surface area contributed by atoms with E-state index in [9.17, 15) is 14.0 Å². The van der Waals surface area contributed by atoms with E-state index in [2.05, 4.69) is 21.2 Å². The van der Waals surface area contributed by atoms with Gasteiger partial charge in [-0.05, 0) is 49.7 Å². The van der Waals surface area contributed by atoms with Crippen LogP contribution in [-0.4, -0.2) is 25.1 Å². The van der Waals surface area contributed by atoms with Gasteiger partial charge in [0.1, 0.15) is 11.6 Å². The summed E-state index contributed by atoms with van der Waals surface area (Å²) in [6.45, 7) is 3.28. The maximum atomic E-state index is 13.8. The summed E-state index contributed by atoms with van der Waals surface area (Å²) in [7, 11) is 1.49. The lowest BCUT2D eigenvalue weighted by molar-refractivity contribution is -0.123. The molecule has 0 unspecified atom stereocenters. The number of anilines is 1. The summed E-state index contributed by atoms with van der Waals surface area (Å²) in [5, 5.41) is 2.64. The van der Waals surface area contributed by atoms with Gasteiger partial charge in [0.2, 0.25) is 0 Å². The molecule has 1 atom stereocenters. The van der Waals surface area contributed by atoms with Crippen LogP contribution >= 0.6 is 15.9 Å². The number of nitrogens with one attached hydrogen (secondary N) is 1. The largest absolute Gasteiger partial charge is 0.495 e. The molecule has 0 fully saturated rings. The molecule has 132 valence electrons. The second-order valence-corrected chi connectivity index (χ2v) is 6.28. The molecular weight excluding hydrogens is 393 g/mol. The smallest absolute Gasteiger partial charge is 0.341 e. The molecule has 0 saturated carbocycles. The van der Waals surface area contributed by atoms with Gasteiger partial charge in [-0.25, -0.2) is 9.18 Å². The molecule has 0 bridgehead atoms. The highest BCUT2D eigenvalue weighted by molar-refractivity contribution is 9.10. The molecular formula is C18H17BrFNO4. The molecule has 7 heteroatoms. The Balaban J connectivity index is 2.07. The molecule has 25 heavy (non-hydrogen) atoms. The van der Waals surface area contributed by atoms with Gasteiger partial charge in [-0.2, -0.15) is 0 Å². The van der Waals surface area contributed by atoms with Crippen molar-refractivity contribution in [2.45, 2.75) is 20.0 Å². The molecule has 2 rings (SSSR count). The van der Waals surface area contributed by atoms with Crippen LogP contribution < -0.4 is 10.1 Å². The van der Waals surface area contributed by atoms with Gasteiger partial charge >= 0.3 is 5.97 Å². The molecule has 0 aromatic heterocycles. The van der Waals surface area contributed by atoms with Gasteiger partial charge < -0.3 is 14.8 Å². The molecule has 5 nitrogen and oxygen atoms in total. The highest BCUT2D eigenvalue weighted by atomic mass is 79.9. The van der Waals surface area contributed by atoms with Crippen LogP contribution in [0, 0.1) is 12.7 Å². The number of methoxy groups -OCH3 is 1. The number of halogens is 2. The third-order valence-corrected chi connectivity index (χ3v) is 3.91. The fraction of sp³-hybridized carbons (Fsp3) is 0.222. The van der Waals surface area contributed by atoms with Gasteiger partial charge in [-0.1, -0.05) is 22.0 Å². The van der Waals surface area contributed by atoms with Crippen LogP contribution in [-0.2, 0) is 9.53 Å². The molecule has 2 aromatic carbocycles. The Kier molecular flexibility index (Phi) is 6.14. The predicted molar refractivity (Wildman–Crippen MR) is 95.3 cm³/mol. The Morgan fingerprint density at radius 2 is 1.92 bits per heavy atom. The number of benzene rings is 2. The van der Waals surface area contributed by atoms with Crippen molar-refractivity contribution in [3.8, 4) is 5.75 Å². The Hall–Kier alpha value is -2.41. The van der Waals surface area contributed by atoms with Crippen LogP contribution in [0.15, 0.2) is 40.9 Å². The summed E-state index contributed by atoms with van der Waals surface area (Å²) in [5.74, 6) is -1.71. The minimum atomic E-state index is -1.11. The fourth-order valence-electron chi connectivity index (χ4n) is 2.09. The minimum absolute atomic E-state index is 0.240. The van der Waals surface area contributed by atoms with Crippen molar-refractivity contribution >= 4 is 33.5 Å². The van der Waals surface area contributed by atoms with Crippen molar-refractivity contribution in [2.24, 2.45) is 0 Å². The Bertz CT molecular complexity index is 810. The van der Waals surface area contributed by atoms with E-state index in [-0.39, 0.29) is 5.56 Å². The lowest BCUT2D eigenvalue weighted by Gasteiger charge is -2.16. The van der Waals surface area contributed by atoms with E-state index in [0.717, 1.165) is 11.6 Å². The molecule has 2 aromatic rings. The highest BCUT2D eigenvalue weighted by Gasteiger charge is 2.22. The van der Waals surface area contributed by atoms with Gasteiger partial charge in [-0.3, -0.25) is 4.79 Å². The van der Waals surface area contributed by atoms with Gasteiger partial charge in [-0.15, -0.1) is 0 Å². The molecule has 0 aliphatic heterocycles. The lowest BCUT2D eigenvalue weighted by atomic mass is 10.2. The maximum Gasteiger partial charge on any atom is 0.341 e. The zero-order valence-electron chi connectivity index (χ0n) is 13.9. The second-order valence-electron chi connectivity index (χ2n) is 5.36. The summed E-state index contributed by atoms with van der Waals surface area (Å²) in [6.07, 6.45) is -1.11. The number of esters is 1. The Labute approximate surface area is 153 Å². The van der Waals surface area contributed by atoms with Crippen molar-refractivity contribution in [3.05, 3.63) is 57.8 Å². The summed E-state index contributed by atoms with van der Waals surface area (Å²) in [4.78, 5) is 24.3. The topological polar surface area (TPSA) is 64.6 Å². The number of carbonyl (C=O) groups is 2. The monoisotopic (exact) mass is 409 g/mol. The molecule has 0 radical (unpaired) electrons. The summed E-state index contributed by atoms with van der Waals surface area (Å²) >= 11 is 3.11. The van der Waals surface area contributed by atoms with Gasteiger partial charge in [0.25, 0.3) is 5.91 Å². The standard InChI is InChI=1S/C18H17BrFNO4/c1-10-4-7-16(24-3)15(8-10)21-17(22)11(2)25-18(23)13-6-5-12(19)9-14(13)20/h4-9,11H,1-3H3,(H,21,22)/t11-/m1/s1. The Morgan fingerprint density at radius 1 is 1.20 bits per heavy atom. The number of rotatable bonds is 5. The van der Waals surface area contributed by atoms with Crippen LogP contribution in [0.1, 0.15) is 22.8 Å². The van der Waals surface area contributed by atoms with Crippen LogP contribution in [0.2, 0.25) is 0 Å². The van der Waals surface area contributed by atoms with Gasteiger partial charge in [0.15, 0.2) is 6.10 Å².